The summed E-state index contributed by atoms with van der Waals surface area (Å²) in [6.45, 7) is 2.15. The molecule has 152 valence electrons. The van der Waals surface area contributed by atoms with Crippen molar-refractivity contribution in [3.8, 4) is 11.4 Å². The van der Waals surface area contributed by atoms with Crippen LogP contribution in [-0.4, -0.2) is 59.1 Å². The molecule has 29 heavy (non-hydrogen) atoms. The van der Waals surface area contributed by atoms with Gasteiger partial charge in [-0.2, -0.15) is 5.10 Å². The first kappa shape index (κ1) is 18.6. The number of hydrogen-bond acceptors (Lipinski definition) is 8. The molecule has 0 amide bonds. The van der Waals surface area contributed by atoms with Crippen LogP contribution in [0.15, 0.2) is 30.7 Å². The van der Waals surface area contributed by atoms with Gasteiger partial charge < -0.3 is 9.45 Å². The summed E-state index contributed by atoms with van der Waals surface area (Å²) < 4.78 is 40.9. The molecule has 2 saturated heterocycles. The van der Waals surface area contributed by atoms with E-state index in [4.69, 9.17) is 5.14 Å². The van der Waals surface area contributed by atoms with Gasteiger partial charge >= 0.3 is 0 Å². The lowest BCUT2D eigenvalue weighted by molar-refractivity contribution is 0.144. The van der Waals surface area contributed by atoms with Gasteiger partial charge in [0.1, 0.15) is 35.1 Å². The summed E-state index contributed by atoms with van der Waals surface area (Å²) in [6.07, 6.45) is 1.30. The molecule has 0 aromatic carbocycles. The number of aromatic nitrogens is 5. The van der Waals surface area contributed by atoms with Crippen LogP contribution < -0.4 is 10.0 Å². The zero-order valence-corrected chi connectivity index (χ0v) is 16.0. The Morgan fingerprint density at radius 1 is 1.21 bits per heavy atom. The van der Waals surface area contributed by atoms with Crippen LogP contribution in [0, 0.1) is 5.92 Å². The Balaban J connectivity index is 1.48. The van der Waals surface area contributed by atoms with Gasteiger partial charge in [-0.25, -0.2) is 28.2 Å². The second-order valence-electron chi connectivity index (χ2n) is 7.17. The number of nitrogens with zero attached hydrogens (tertiary/aromatic N) is 7. The minimum Gasteiger partial charge on any atom is -0.579 e. The highest BCUT2D eigenvalue weighted by Crippen LogP contribution is 2.35. The van der Waals surface area contributed by atoms with Crippen LogP contribution in [0.1, 0.15) is 18.5 Å². The molecule has 5 rings (SSSR count). The van der Waals surface area contributed by atoms with Gasteiger partial charge in [-0.1, -0.05) is 0 Å². The molecule has 0 bridgehead atoms. The maximum Gasteiger partial charge on any atom is 0.282 e. The van der Waals surface area contributed by atoms with E-state index >= 15 is 0 Å². The van der Waals surface area contributed by atoms with Gasteiger partial charge in [-0.15, -0.1) is 9.44 Å². The van der Waals surface area contributed by atoms with Gasteiger partial charge in [-0.3, -0.25) is 0 Å². The first-order valence-corrected chi connectivity index (χ1v) is 10.3. The van der Waals surface area contributed by atoms with Gasteiger partial charge in [0.05, 0.1) is 31.0 Å². The molecule has 12 heteroatoms. The first-order valence-electron chi connectivity index (χ1n) is 9.14. The molecular formula is C17H18F2N8OS. The zero-order chi connectivity index (χ0) is 20.1. The second kappa shape index (κ2) is 7.13. The molecule has 0 aliphatic carbocycles. The van der Waals surface area contributed by atoms with Crippen molar-refractivity contribution in [3.63, 3.8) is 0 Å². The molecule has 3 unspecified atom stereocenters. The monoisotopic (exact) mass is 420 g/mol. The SMILES string of the molecule is N[S+]([O-])N1CC2CCN(c3cc(-c4cnc5ccc(C(F)F)nn45)ncn3)C2C1. The largest absolute Gasteiger partial charge is 0.579 e. The molecule has 2 aliphatic heterocycles. The fourth-order valence-corrected chi connectivity index (χ4v) is 4.82. The van der Waals surface area contributed by atoms with Crippen molar-refractivity contribution in [2.45, 2.75) is 18.9 Å². The number of halogens is 2. The summed E-state index contributed by atoms with van der Waals surface area (Å²) in [5, 5.41) is 9.54. The molecule has 3 aromatic heterocycles. The van der Waals surface area contributed by atoms with Crippen molar-refractivity contribution >= 4 is 23.0 Å². The van der Waals surface area contributed by atoms with E-state index in [-0.39, 0.29) is 11.7 Å². The molecule has 3 atom stereocenters. The zero-order valence-electron chi connectivity index (χ0n) is 15.2. The van der Waals surface area contributed by atoms with E-state index in [0.717, 1.165) is 18.8 Å². The Kier molecular flexibility index (Phi) is 4.57. The van der Waals surface area contributed by atoms with Crippen molar-refractivity contribution in [1.82, 2.24) is 28.9 Å². The van der Waals surface area contributed by atoms with Crippen molar-refractivity contribution in [2.75, 3.05) is 24.5 Å². The van der Waals surface area contributed by atoms with Gasteiger partial charge in [0.15, 0.2) is 5.65 Å². The van der Waals surface area contributed by atoms with Crippen molar-refractivity contribution in [3.05, 3.63) is 36.4 Å². The van der Waals surface area contributed by atoms with Crippen molar-refractivity contribution in [2.24, 2.45) is 11.1 Å². The fourth-order valence-electron chi connectivity index (χ4n) is 4.18. The Morgan fingerprint density at radius 3 is 2.86 bits per heavy atom. The third-order valence-electron chi connectivity index (χ3n) is 5.58. The molecule has 9 nitrogen and oxygen atoms in total. The van der Waals surface area contributed by atoms with Gasteiger partial charge in [0, 0.05) is 12.6 Å². The van der Waals surface area contributed by atoms with Crippen LogP contribution in [0.3, 0.4) is 0 Å². The summed E-state index contributed by atoms with van der Waals surface area (Å²) in [6, 6.07) is 4.76. The van der Waals surface area contributed by atoms with Crippen LogP contribution >= 0.6 is 0 Å². The van der Waals surface area contributed by atoms with Crippen LogP contribution in [0.2, 0.25) is 0 Å². The lowest BCUT2D eigenvalue weighted by Crippen LogP contribution is -2.40. The van der Waals surface area contributed by atoms with Gasteiger partial charge in [0.25, 0.3) is 6.43 Å². The minimum atomic E-state index is -2.67. The van der Waals surface area contributed by atoms with E-state index in [0.29, 0.717) is 36.0 Å². The number of fused-ring (bicyclic) bond motifs is 2. The van der Waals surface area contributed by atoms with E-state index in [1.54, 1.807) is 10.5 Å². The smallest absolute Gasteiger partial charge is 0.282 e. The number of imidazole rings is 1. The topological polar surface area (TPSA) is 112 Å². The Bertz CT molecular complexity index is 1050. The molecule has 3 aromatic rings. The third-order valence-corrected chi connectivity index (χ3v) is 6.39. The van der Waals surface area contributed by atoms with E-state index < -0.39 is 18.0 Å². The lowest BCUT2D eigenvalue weighted by Gasteiger charge is -2.25. The lowest BCUT2D eigenvalue weighted by atomic mass is 10.1. The minimum absolute atomic E-state index is 0.177. The standard InChI is InChI=1S/C17H18F2N8OS/c18-17(19)11-1-2-15-21-6-13(27(15)24-11)12-5-16(23-9-22-12)26-4-3-10-7-25(29(20)28)8-14(10)26/h1-2,5-6,9-10,14,17H,3-4,7-8,20H2. The summed E-state index contributed by atoms with van der Waals surface area (Å²) in [7, 11) is 0. The number of alkyl halides is 2. The first-order chi connectivity index (χ1) is 14.0. The number of anilines is 1. The summed E-state index contributed by atoms with van der Waals surface area (Å²) in [5.41, 5.74) is 1.19. The molecule has 2 aliphatic rings. The average molecular weight is 420 g/mol. The van der Waals surface area contributed by atoms with Crippen LogP contribution in [0.4, 0.5) is 14.6 Å². The predicted octanol–water partition coefficient (Wildman–Crippen LogP) is 1.17. The highest BCUT2D eigenvalue weighted by atomic mass is 32.2. The van der Waals surface area contributed by atoms with Gasteiger partial charge in [-0.05, 0) is 24.5 Å². The second-order valence-corrected chi connectivity index (χ2v) is 8.24. The molecule has 0 saturated carbocycles. The van der Waals surface area contributed by atoms with E-state index in [9.17, 15) is 13.3 Å². The van der Waals surface area contributed by atoms with Crippen LogP contribution in [-0.2, 0) is 11.5 Å². The molecule has 0 spiro atoms. The molecule has 2 N–H and O–H groups in total. The van der Waals surface area contributed by atoms with E-state index in [1.165, 1.54) is 23.0 Å². The summed E-state index contributed by atoms with van der Waals surface area (Å²) in [4.78, 5) is 15.1. The quantitative estimate of drug-likeness (QED) is 0.626. The Morgan fingerprint density at radius 2 is 2.07 bits per heavy atom. The fraction of sp³-hybridized carbons (Fsp3) is 0.412. The molecule has 2 fully saturated rings. The Hall–Kier alpha value is -2.41. The Labute approximate surface area is 168 Å². The molecular weight excluding hydrogens is 402 g/mol. The third kappa shape index (κ3) is 3.21. The average Bonchev–Trinajstić information content (AvgIpc) is 3.41. The van der Waals surface area contributed by atoms with Gasteiger partial charge in [0.2, 0.25) is 0 Å². The van der Waals surface area contributed by atoms with E-state index in [2.05, 4.69) is 25.0 Å². The summed E-state index contributed by atoms with van der Waals surface area (Å²) >= 11 is -1.48. The maximum atomic E-state index is 13.1. The highest BCUT2D eigenvalue weighted by Gasteiger charge is 2.45. The highest BCUT2D eigenvalue weighted by molar-refractivity contribution is 7.86. The van der Waals surface area contributed by atoms with Crippen LogP contribution in [0.5, 0.6) is 0 Å². The van der Waals surface area contributed by atoms with E-state index in [1.807, 2.05) is 6.07 Å². The summed E-state index contributed by atoms with van der Waals surface area (Å²) in [5.74, 6) is 1.11. The number of hydrogen-bond donors (Lipinski definition) is 1. The van der Waals surface area contributed by atoms with Crippen LogP contribution in [0.25, 0.3) is 17.0 Å². The van der Waals surface area contributed by atoms with Crippen molar-refractivity contribution < 1.29 is 13.3 Å². The number of nitrogens with two attached hydrogens (primary N) is 1. The normalized spacial score (nSPS) is 23.3. The number of rotatable bonds is 4. The maximum absolute atomic E-state index is 13.1. The van der Waals surface area contributed by atoms with Crippen molar-refractivity contribution in [1.29, 1.82) is 0 Å². The molecule has 5 heterocycles. The predicted molar refractivity (Wildman–Crippen MR) is 102 cm³/mol. The molecule has 0 radical (unpaired) electrons.